The average molecular weight is 496 g/mol. The molecule has 32 heavy (non-hydrogen) atoms. The summed E-state index contributed by atoms with van der Waals surface area (Å²) >= 11 is 0. The molecule has 2 aliphatic heterocycles. The first-order valence-electron chi connectivity index (χ1n) is 12.3. The van der Waals surface area contributed by atoms with Crippen LogP contribution in [0.1, 0.15) is 57.1 Å². The fraction of sp³-hybridized carbons (Fsp3) is 0.483. The van der Waals surface area contributed by atoms with Gasteiger partial charge in [-0.25, -0.2) is 4.58 Å². The van der Waals surface area contributed by atoms with Crippen molar-refractivity contribution in [2.75, 3.05) is 19.6 Å². The van der Waals surface area contributed by atoms with E-state index >= 15 is 0 Å². The van der Waals surface area contributed by atoms with Crippen molar-refractivity contribution in [1.29, 1.82) is 0 Å². The third-order valence-electron chi connectivity index (χ3n) is 7.34. The standard InChI is InChI=1S/C29H39N2.BrH/c1-29(2)27(24-26-16-9-6-10-17-26)28(30-20-11-3-4-12-21-30)19-23-31(29)22-13-18-25-14-7-5-8-15-25;/h5-10,14-17,19,23,27H,3-4,11-13,18,20-22,24H2,1-2H3;1H/q+1;/p-1. The van der Waals surface area contributed by atoms with Crippen LogP contribution in [-0.2, 0) is 12.8 Å². The van der Waals surface area contributed by atoms with Crippen LogP contribution in [0.4, 0.5) is 0 Å². The summed E-state index contributed by atoms with van der Waals surface area (Å²) in [6.45, 7) is 8.47. The lowest BCUT2D eigenvalue weighted by atomic mass is 9.77. The summed E-state index contributed by atoms with van der Waals surface area (Å²) in [5.74, 6) is 0.509. The fourth-order valence-electron chi connectivity index (χ4n) is 5.36. The van der Waals surface area contributed by atoms with Crippen LogP contribution >= 0.6 is 0 Å². The Bertz CT molecular complexity index is 878. The van der Waals surface area contributed by atoms with Gasteiger partial charge >= 0.3 is 0 Å². The zero-order valence-electron chi connectivity index (χ0n) is 19.8. The third kappa shape index (κ3) is 6.13. The van der Waals surface area contributed by atoms with E-state index in [4.69, 9.17) is 0 Å². The second kappa shape index (κ2) is 11.8. The summed E-state index contributed by atoms with van der Waals surface area (Å²) in [6.07, 6.45) is 13.7. The largest absolute Gasteiger partial charge is 1.00 e. The Labute approximate surface area is 205 Å². The van der Waals surface area contributed by atoms with Crippen molar-refractivity contribution < 1.29 is 21.6 Å². The van der Waals surface area contributed by atoms with Gasteiger partial charge in [0.25, 0.3) is 0 Å². The second-order valence-corrected chi connectivity index (χ2v) is 9.82. The van der Waals surface area contributed by atoms with Crippen LogP contribution < -0.4 is 17.0 Å². The van der Waals surface area contributed by atoms with Crippen LogP contribution in [0, 0.1) is 5.92 Å². The SMILES string of the molecule is CC1(C)C(Cc2ccccc2)C(N2CCCCCC2)=CC=[N+]1CCCc1ccccc1.[Br-]. The van der Waals surface area contributed by atoms with Crippen LogP contribution in [0.25, 0.3) is 0 Å². The molecule has 0 aliphatic carbocycles. The van der Waals surface area contributed by atoms with Crippen molar-refractivity contribution in [3.05, 3.63) is 83.6 Å². The van der Waals surface area contributed by atoms with Gasteiger partial charge in [-0.05, 0) is 36.8 Å². The van der Waals surface area contributed by atoms with Gasteiger partial charge in [-0.15, -0.1) is 0 Å². The highest BCUT2D eigenvalue weighted by atomic mass is 79.9. The Kier molecular flexibility index (Phi) is 9.16. The molecular weight excluding hydrogens is 456 g/mol. The van der Waals surface area contributed by atoms with Crippen LogP contribution in [0.3, 0.4) is 0 Å². The predicted octanol–water partition coefficient (Wildman–Crippen LogP) is 3.12. The summed E-state index contributed by atoms with van der Waals surface area (Å²) in [5, 5.41) is 0. The normalized spacial score (nSPS) is 20.6. The number of rotatable bonds is 7. The van der Waals surface area contributed by atoms with E-state index in [1.165, 1.54) is 56.3 Å². The van der Waals surface area contributed by atoms with E-state index in [-0.39, 0.29) is 22.5 Å². The molecule has 0 saturated carbocycles. The molecule has 3 heteroatoms. The van der Waals surface area contributed by atoms with E-state index in [0.29, 0.717) is 5.92 Å². The first-order valence-corrected chi connectivity index (χ1v) is 12.3. The predicted molar refractivity (Wildman–Crippen MR) is 132 cm³/mol. The van der Waals surface area contributed by atoms with Crippen molar-refractivity contribution in [2.24, 2.45) is 5.92 Å². The number of nitrogens with zero attached hydrogens (tertiary/aromatic N) is 2. The molecule has 0 radical (unpaired) electrons. The molecule has 4 rings (SSSR count). The maximum absolute atomic E-state index is 2.71. The molecule has 1 unspecified atom stereocenters. The number of allylic oxidation sites excluding steroid dienone is 1. The maximum atomic E-state index is 2.71. The van der Waals surface area contributed by atoms with Gasteiger partial charge in [0.2, 0.25) is 0 Å². The molecule has 1 atom stereocenters. The molecule has 2 heterocycles. The smallest absolute Gasteiger partial charge is 0.165 e. The van der Waals surface area contributed by atoms with Gasteiger partial charge in [-0.2, -0.15) is 0 Å². The first-order chi connectivity index (χ1) is 15.1. The van der Waals surface area contributed by atoms with Gasteiger partial charge in [-0.1, -0.05) is 73.5 Å². The molecule has 172 valence electrons. The lowest BCUT2D eigenvalue weighted by molar-refractivity contribution is -0.607. The Balaban J connectivity index is 0.00000289. The van der Waals surface area contributed by atoms with Crippen molar-refractivity contribution >= 4 is 6.21 Å². The Hall–Kier alpha value is -1.87. The number of likely N-dealkylation sites (tertiary alicyclic amines) is 1. The van der Waals surface area contributed by atoms with Crippen molar-refractivity contribution in [3.63, 3.8) is 0 Å². The average Bonchev–Trinajstić information content (AvgIpc) is 3.07. The lowest BCUT2D eigenvalue weighted by Gasteiger charge is -2.40. The Morgan fingerprint density at radius 1 is 0.844 bits per heavy atom. The zero-order chi connectivity index (χ0) is 21.5. The highest BCUT2D eigenvalue weighted by Gasteiger charge is 2.44. The number of benzene rings is 2. The molecule has 0 amide bonds. The summed E-state index contributed by atoms with van der Waals surface area (Å²) in [4.78, 5) is 2.71. The minimum absolute atomic E-state index is 0. The number of hydrogen-bond acceptors (Lipinski definition) is 1. The van der Waals surface area contributed by atoms with Crippen LogP contribution in [0.2, 0.25) is 0 Å². The van der Waals surface area contributed by atoms with Crippen LogP contribution in [0.5, 0.6) is 0 Å². The zero-order valence-corrected chi connectivity index (χ0v) is 21.4. The topological polar surface area (TPSA) is 6.25 Å². The van der Waals surface area contributed by atoms with Gasteiger partial charge in [0.15, 0.2) is 11.8 Å². The quantitative estimate of drug-likeness (QED) is 0.536. The first kappa shape index (κ1) is 24.8. The molecule has 0 aromatic heterocycles. The summed E-state index contributed by atoms with van der Waals surface area (Å²) < 4.78 is 2.62. The minimum atomic E-state index is 0. The molecule has 0 bridgehead atoms. The van der Waals surface area contributed by atoms with E-state index in [1.54, 1.807) is 5.70 Å². The molecule has 1 fully saturated rings. The van der Waals surface area contributed by atoms with Gasteiger partial charge in [0, 0.05) is 45.1 Å². The molecule has 2 nitrogen and oxygen atoms in total. The fourth-order valence-corrected chi connectivity index (χ4v) is 5.36. The number of halogens is 1. The monoisotopic (exact) mass is 494 g/mol. The molecule has 2 aromatic rings. The molecule has 1 saturated heterocycles. The van der Waals surface area contributed by atoms with Crippen molar-refractivity contribution in [2.45, 2.75) is 64.3 Å². The summed E-state index contributed by atoms with van der Waals surface area (Å²) in [6, 6.07) is 22.0. The van der Waals surface area contributed by atoms with Crippen LogP contribution in [0.15, 0.2) is 72.4 Å². The summed E-state index contributed by atoms with van der Waals surface area (Å²) in [5.41, 5.74) is 4.56. The van der Waals surface area contributed by atoms with Crippen molar-refractivity contribution in [1.82, 2.24) is 4.90 Å². The van der Waals surface area contributed by atoms with E-state index < -0.39 is 0 Å². The molecule has 0 spiro atoms. The number of hydrogen-bond donors (Lipinski definition) is 0. The van der Waals surface area contributed by atoms with E-state index in [2.05, 4.69) is 96.3 Å². The molecule has 2 aromatic carbocycles. The molecule has 2 aliphatic rings. The third-order valence-corrected chi connectivity index (χ3v) is 7.34. The summed E-state index contributed by atoms with van der Waals surface area (Å²) in [7, 11) is 0. The van der Waals surface area contributed by atoms with Gasteiger partial charge < -0.3 is 21.9 Å². The molecular formula is C29H39BrN2. The number of aryl methyl sites for hydroxylation is 1. The van der Waals surface area contributed by atoms with Crippen molar-refractivity contribution in [3.8, 4) is 0 Å². The molecule has 0 N–H and O–H groups in total. The van der Waals surface area contributed by atoms with Gasteiger partial charge in [0.1, 0.15) is 6.54 Å². The van der Waals surface area contributed by atoms with Gasteiger partial charge in [-0.3, -0.25) is 0 Å². The lowest BCUT2D eigenvalue weighted by Crippen LogP contribution is -3.00. The minimum Gasteiger partial charge on any atom is -1.00 e. The maximum Gasteiger partial charge on any atom is 0.165 e. The van der Waals surface area contributed by atoms with E-state index in [9.17, 15) is 0 Å². The van der Waals surface area contributed by atoms with E-state index in [1.807, 2.05) is 0 Å². The Morgan fingerprint density at radius 2 is 1.44 bits per heavy atom. The highest BCUT2D eigenvalue weighted by molar-refractivity contribution is 5.69. The highest BCUT2D eigenvalue weighted by Crippen LogP contribution is 2.36. The second-order valence-electron chi connectivity index (χ2n) is 9.82. The van der Waals surface area contributed by atoms with E-state index in [0.717, 1.165) is 19.4 Å². The van der Waals surface area contributed by atoms with Crippen LogP contribution in [-0.4, -0.2) is 40.9 Å². The Morgan fingerprint density at radius 3 is 2.06 bits per heavy atom. The van der Waals surface area contributed by atoms with Gasteiger partial charge in [0.05, 0.1) is 5.92 Å².